The van der Waals surface area contributed by atoms with Gasteiger partial charge in [0, 0.05) is 26.2 Å². The Morgan fingerprint density at radius 1 is 1.40 bits per heavy atom. The van der Waals surface area contributed by atoms with E-state index < -0.39 is 0 Å². The van der Waals surface area contributed by atoms with Gasteiger partial charge in [0.15, 0.2) is 0 Å². The number of aromatic nitrogens is 1. The van der Waals surface area contributed by atoms with Crippen LogP contribution in [0.4, 0.5) is 0 Å². The van der Waals surface area contributed by atoms with Crippen LogP contribution in [0, 0.1) is 0 Å². The first-order chi connectivity index (χ1) is 1.89. The van der Waals surface area contributed by atoms with Crippen molar-refractivity contribution in [2.45, 2.75) is 0 Å². The van der Waals surface area contributed by atoms with Crippen LogP contribution in [-0.4, -0.2) is 10.3 Å². The number of hydrogen-bond acceptors (Lipinski definition) is 3. The van der Waals surface area contributed by atoms with Gasteiger partial charge in [0.05, 0.1) is 0 Å². The molecule has 1 aromatic rings. The van der Waals surface area contributed by atoms with Gasteiger partial charge in [-0.1, -0.05) is 9.36 Å². The van der Waals surface area contributed by atoms with E-state index in [4.69, 9.17) is 5.21 Å². The molecule has 28 valence electrons. The first-order valence-electron chi connectivity index (χ1n) is 0.732. The van der Waals surface area contributed by atoms with Crippen molar-refractivity contribution < 1.29 is 40.8 Å². The van der Waals surface area contributed by atoms with E-state index in [2.05, 4.69) is 9.36 Å². The van der Waals surface area contributed by atoms with Crippen LogP contribution in [0.15, 0.2) is 9.36 Å². The molecule has 0 aliphatic carbocycles. The largest absolute Gasteiger partial charge is 0.368 e. The van der Waals surface area contributed by atoms with Gasteiger partial charge in [-0.05, 0) is 0 Å². The molecule has 0 aliphatic heterocycles. The van der Waals surface area contributed by atoms with Crippen molar-refractivity contribution in [2.75, 3.05) is 0 Å². The first kappa shape index (κ1) is 5.08. The van der Waals surface area contributed by atoms with Crippen molar-refractivity contribution in [3.63, 3.8) is 0 Å². The van der Waals surface area contributed by atoms with Crippen LogP contribution < -0.4 is 0 Å². The van der Waals surface area contributed by atoms with E-state index in [0.29, 0.717) is 0 Å². The standard InChI is InChI=1S/HNO3.Zr/c2-1-3-4-1;/h2H;. The fourth-order valence-corrected chi connectivity index (χ4v) is 0.0149. The molecule has 5 heavy (non-hydrogen) atoms. The summed E-state index contributed by atoms with van der Waals surface area (Å²) in [6.07, 6.45) is 0. The SMILES string of the molecule is On1oo1.[Zr]. The predicted octanol–water partition coefficient (Wildman–Crippen LogP) is -0.0911. The molecular weight excluding hydrogens is 153 g/mol. The number of hydrogen-bond donors (Lipinski definition) is 1. The van der Waals surface area contributed by atoms with Crippen LogP contribution in [0.1, 0.15) is 0 Å². The summed E-state index contributed by atoms with van der Waals surface area (Å²) in [4.78, 5) is 0. The first-order valence-corrected chi connectivity index (χ1v) is 0.732. The molecule has 0 unspecified atom stereocenters. The zero-order chi connectivity index (χ0) is 2.99. The number of rotatable bonds is 0. The average Bonchev–Trinajstić information content (AvgIpc) is 1.75. The minimum absolute atomic E-state index is 0. The third-order valence-corrected chi connectivity index (χ3v) is 0.141. The summed E-state index contributed by atoms with van der Waals surface area (Å²) in [6.45, 7) is 0. The van der Waals surface area contributed by atoms with E-state index in [9.17, 15) is 0 Å². The fraction of sp³-hybridized carbons (Fsp3) is 0. The zero-order valence-electron chi connectivity index (χ0n) is 2.21. The Morgan fingerprint density at radius 3 is 1.60 bits per heavy atom. The third kappa shape index (κ3) is 1.86. The van der Waals surface area contributed by atoms with Crippen LogP contribution in [0.25, 0.3) is 0 Å². The Labute approximate surface area is 46.3 Å². The van der Waals surface area contributed by atoms with Crippen molar-refractivity contribution in [1.82, 2.24) is 5.08 Å². The molecule has 0 spiro atoms. The van der Waals surface area contributed by atoms with Gasteiger partial charge >= 0.3 is 0 Å². The van der Waals surface area contributed by atoms with Gasteiger partial charge in [0.1, 0.15) is 0 Å². The maximum Gasteiger partial charge on any atom is 0.214 e. The molecule has 0 atom stereocenters. The summed E-state index contributed by atoms with van der Waals surface area (Å²) in [7, 11) is 0. The number of nitrogens with zero attached hydrogens (tertiary/aromatic N) is 1. The molecule has 0 amide bonds. The third-order valence-electron chi connectivity index (χ3n) is 0.141. The Bertz CT molecular complexity index is 65.4. The summed E-state index contributed by atoms with van der Waals surface area (Å²) < 4.78 is 7.19. The Morgan fingerprint density at radius 2 is 1.60 bits per heavy atom. The summed E-state index contributed by atoms with van der Waals surface area (Å²) in [5.74, 6) is 0. The van der Waals surface area contributed by atoms with Crippen molar-refractivity contribution in [2.24, 2.45) is 0 Å². The monoisotopic (exact) mass is 153 g/mol. The summed E-state index contributed by atoms with van der Waals surface area (Å²) in [6, 6.07) is 0. The minimum atomic E-state index is 0. The van der Waals surface area contributed by atoms with Crippen LogP contribution in [0.5, 0.6) is 0 Å². The maximum absolute atomic E-state index is 7.56. The molecule has 0 aliphatic rings. The van der Waals surface area contributed by atoms with Crippen molar-refractivity contribution in [3.05, 3.63) is 0 Å². The molecular formula is HNO3Zr. The van der Waals surface area contributed by atoms with E-state index in [-0.39, 0.29) is 31.3 Å². The molecule has 4 nitrogen and oxygen atoms in total. The molecule has 1 N–H and O–H groups in total. The van der Waals surface area contributed by atoms with E-state index in [1.54, 1.807) is 0 Å². The summed E-state index contributed by atoms with van der Waals surface area (Å²) in [5, 5.41) is 7.81. The molecule has 0 saturated heterocycles. The topological polar surface area (TPSA) is 51.4 Å². The van der Waals surface area contributed by atoms with Crippen molar-refractivity contribution in [3.8, 4) is 0 Å². The normalized spacial score (nSPS) is 7.20. The Balaban J connectivity index is 0.000000160. The second-order valence-corrected chi connectivity index (χ2v) is 0.387. The molecule has 0 saturated carbocycles. The summed E-state index contributed by atoms with van der Waals surface area (Å²) in [5.41, 5.74) is 0. The molecule has 5 heteroatoms. The molecule has 0 bridgehead atoms. The van der Waals surface area contributed by atoms with Gasteiger partial charge in [-0.25, -0.2) is 0 Å². The van der Waals surface area contributed by atoms with Crippen LogP contribution in [0.2, 0.25) is 0 Å². The smallest absolute Gasteiger partial charge is 0.214 e. The minimum Gasteiger partial charge on any atom is -0.368 e. The van der Waals surface area contributed by atoms with Gasteiger partial charge < -0.3 is 5.21 Å². The van der Waals surface area contributed by atoms with Gasteiger partial charge in [-0.3, -0.25) is 0 Å². The second kappa shape index (κ2) is 1.50. The Hall–Kier alpha value is 0.0831. The maximum atomic E-state index is 7.56. The van der Waals surface area contributed by atoms with Crippen LogP contribution >= 0.6 is 0 Å². The van der Waals surface area contributed by atoms with Gasteiger partial charge in [0.2, 0.25) is 5.08 Å². The molecule has 0 radical (unpaired) electrons. The van der Waals surface area contributed by atoms with Crippen molar-refractivity contribution >= 4 is 0 Å². The fourth-order valence-electron chi connectivity index (χ4n) is 0.0149. The van der Waals surface area contributed by atoms with Crippen LogP contribution in [-0.2, 0) is 26.2 Å². The molecule has 0 aromatic carbocycles. The molecule has 1 rings (SSSR count). The molecule has 1 heterocycles. The second-order valence-electron chi connectivity index (χ2n) is 0.387. The Kier molecular flexibility index (Phi) is 1.53. The zero-order valence-corrected chi connectivity index (χ0v) is 4.67. The van der Waals surface area contributed by atoms with Gasteiger partial charge in [-0.2, -0.15) is 0 Å². The predicted molar refractivity (Wildman–Crippen MR) is 6.15 cm³/mol. The quantitative estimate of drug-likeness (QED) is 0.419. The van der Waals surface area contributed by atoms with Gasteiger partial charge in [-0.15, -0.1) is 0 Å². The molecule has 0 fully saturated rings. The van der Waals surface area contributed by atoms with Crippen LogP contribution in [0.3, 0.4) is 0 Å². The van der Waals surface area contributed by atoms with E-state index >= 15 is 0 Å². The summed E-state index contributed by atoms with van der Waals surface area (Å²) >= 11 is 0. The van der Waals surface area contributed by atoms with Gasteiger partial charge in [0.25, 0.3) is 0 Å². The average molecular weight is 154 g/mol. The van der Waals surface area contributed by atoms with E-state index in [1.165, 1.54) is 0 Å². The van der Waals surface area contributed by atoms with E-state index in [0.717, 1.165) is 0 Å². The molecule has 1 aromatic heterocycles. The van der Waals surface area contributed by atoms with E-state index in [1.807, 2.05) is 0 Å². The van der Waals surface area contributed by atoms with Crippen molar-refractivity contribution in [1.29, 1.82) is 0 Å².